The van der Waals surface area contributed by atoms with Crippen molar-refractivity contribution in [3.63, 3.8) is 0 Å². The van der Waals surface area contributed by atoms with Gasteiger partial charge in [0.15, 0.2) is 10.8 Å². The van der Waals surface area contributed by atoms with E-state index in [2.05, 4.69) is 42.2 Å². The summed E-state index contributed by atoms with van der Waals surface area (Å²) in [5.41, 5.74) is 4.06. The summed E-state index contributed by atoms with van der Waals surface area (Å²) < 4.78 is 12.9. The van der Waals surface area contributed by atoms with E-state index in [1.54, 1.807) is 18.4 Å². The van der Waals surface area contributed by atoms with Crippen molar-refractivity contribution >= 4 is 33.0 Å². The predicted octanol–water partition coefficient (Wildman–Crippen LogP) is 3.60. The summed E-state index contributed by atoms with van der Waals surface area (Å²) in [6, 6.07) is 7.19. The first-order chi connectivity index (χ1) is 17.7. The van der Waals surface area contributed by atoms with Crippen molar-refractivity contribution in [2.45, 2.75) is 32.0 Å². The third-order valence-corrected chi connectivity index (χ3v) is 8.25. The Hall–Kier alpha value is -3.70. The van der Waals surface area contributed by atoms with Crippen molar-refractivity contribution in [1.82, 2.24) is 34.7 Å². The summed E-state index contributed by atoms with van der Waals surface area (Å²) in [7, 11) is 1.65. The maximum absolute atomic E-state index is 5.84. The summed E-state index contributed by atoms with van der Waals surface area (Å²) in [6.45, 7) is 5.48. The molecule has 3 aliphatic heterocycles. The summed E-state index contributed by atoms with van der Waals surface area (Å²) in [5, 5.41) is 13.8. The average molecular weight is 503 g/mol. The molecule has 2 atom stereocenters. The molecule has 36 heavy (non-hydrogen) atoms. The fraction of sp³-hybridized carbons (Fsp3) is 0.360. The number of piperazine rings is 1. The number of nitrogens with one attached hydrogen (secondary N) is 1. The Morgan fingerprint density at radius 1 is 1.14 bits per heavy atom. The fourth-order valence-electron chi connectivity index (χ4n) is 5.45. The van der Waals surface area contributed by atoms with Crippen LogP contribution in [0.2, 0.25) is 0 Å². The van der Waals surface area contributed by atoms with E-state index in [9.17, 15) is 0 Å². The first kappa shape index (κ1) is 21.6. The van der Waals surface area contributed by atoms with Crippen LogP contribution in [-0.2, 0) is 6.54 Å². The van der Waals surface area contributed by atoms with Gasteiger partial charge in [0.05, 0.1) is 41.9 Å². The van der Waals surface area contributed by atoms with Crippen molar-refractivity contribution in [3.05, 3.63) is 48.5 Å². The Balaban J connectivity index is 1.13. The van der Waals surface area contributed by atoms with Gasteiger partial charge in [0.1, 0.15) is 5.75 Å². The molecular weight excluding hydrogens is 476 g/mol. The highest BCUT2D eigenvalue weighted by molar-refractivity contribution is 7.19. The lowest BCUT2D eigenvalue weighted by Gasteiger charge is -2.56. The molecule has 5 aromatic rings. The van der Waals surface area contributed by atoms with Crippen molar-refractivity contribution in [2.75, 3.05) is 31.7 Å². The number of thiazole rings is 1. The number of fused-ring (bicyclic) bond motifs is 5. The Morgan fingerprint density at radius 3 is 2.81 bits per heavy atom. The van der Waals surface area contributed by atoms with Crippen molar-refractivity contribution < 1.29 is 9.47 Å². The van der Waals surface area contributed by atoms with E-state index >= 15 is 0 Å². The first-order valence-corrected chi connectivity index (χ1v) is 13.0. The quantitative estimate of drug-likeness (QED) is 0.361. The molecule has 0 aromatic carbocycles. The number of rotatable bonds is 7. The Kier molecular flexibility index (Phi) is 5.07. The van der Waals surface area contributed by atoms with E-state index in [0.29, 0.717) is 24.6 Å². The molecule has 0 saturated carbocycles. The largest absolute Gasteiger partial charge is 0.492 e. The van der Waals surface area contributed by atoms with Crippen molar-refractivity contribution in [3.8, 4) is 22.1 Å². The number of H-pyrrole nitrogens is 1. The van der Waals surface area contributed by atoms with E-state index in [1.807, 2.05) is 42.3 Å². The zero-order valence-corrected chi connectivity index (χ0v) is 20.9. The number of piperidine rings is 1. The molecule has 8 heterocycles. The Bertz CT molecular complexity index is 1530. The normalized spacial score (nSPS) is 19.7. The van der Waals surface area contributed by atoms with E-state index < -0.39 is 0 Å². The summed E-state index contributed by atoms with van der Waals surface area (Å²) in [5.74, 6) is 1.44. The van der Waals surface area contributed by atoms with Crippen LogP contribution in [0.4, 0.5) is 5.13 Å². The second-order valence-corrected chi connectivity index (χ2v) is 10.3. The van der Waals surface area contributed by atoms with Crippen LogP contribution in [0.25, 0.3) is 27.0 Å². The van der Waals surface area contributed by atoms with Gasteiger partial charge in [-0.15, -0.1) is 5.10 Å². The summed E-state index contributed by atoms with van der Waals surface area (Å²) in [6.07, 6.45) is 8.88. The fourth-order valence-corrected chi connectivity index (χ4v) is 6.40. The minimum atomic E-state index is 0.534. The van der Waals surface area contributed by atoms with E-state index in [-0.39, 0.29) is 0 Å². The second kappa shape index (κ2) is 8.45. The predicted molar refractivity (Wildman–Crippen MR) is 138 cm³/mol. The van der Waals surface area contributed by atoms with Gasteiger partial charge in [-0.05, 0) is 25.0 Å². The number of ether oxygens (including phenoxy) is 2. The molecule has 1 N–H and O–H groups in total. The molecule has 3 fully saturated rings. The Labute approximate surface area is 211 Å². The van der Waals surface area contributed by atoms with Crippen LogP contribution in [0.5, 0.6) is 11.6 Å². The van der Waals surface area contributed by atoms with Crippen LogP contribution in [-0.4, -0.2) is 73.6 Å². The van der Waals surface area contributed by atoms with Gasteiger partial charge in [0.2, 0.25) is 5.88 Å². The molecule has 0 spiro atoms. The molecule has 3 aliphatic rings. The molecular formula is C25H26N8O2S. The minimum Gasteiger partial charge on any atom is -0.492 e. The van der Waals surface area contributed by atoms with Gasteiger partial charge >= 0.3 is 0 Å². The maximum Gasteiger partial charge on any atom is 0.212 e. The van der Waals surface area contributed by atoms with Gasteiger partial charge in [0, 0.05) is 55.7 Å². The highest BCUT2D eigenvalue weighted by Crippen LogP contribution is 2.41. The van der Waals surface area contributed by atoms with E-state index in [4.69, 9.17) is 14.5 Å². The summed E-state index contributed by atoms with van der Waals surface area (Å²) in [4.78, 5) is 15.3. The SMILES string of the molecule is CCOc1cc(-c2cnc(N3CC4CC(C3)N4Cc3ccc(OC)nc3)s2)c2c3cn[nH]c3nn2c1. The second-order valence-electron chi connectivity index (χ2n) is 9.28. The average Bonchev–Trinajstić information content (AvgIpc) is 3.64. The third-order valence-electron chi connectivity index (χ3n) is 7.16. The minimum absolute atomic E-state index is 0.534. The highest BCUT2D eigenvalue weighted by Gasteiger charge is 2.45. The molecule has 2 bridgehead atoms. The molecule has 184 valence electrons. The molecule has 10 nitrogen and oxygen atoms in total. The molecule has 8 rings (SSSR count). The van der Waals surface area contributed by atoms with Gasteiger partial charge in [-0.25, -0.2) is 14.5 Å². The number of nitrogens with zero attached hydrogens (tertiary/aromatic N) is 7. The molecule has 0 amide bonds. The lowest BCUT2D eigenvalue weighted by Crippen LogP contribution is -2.68. The lowest BCUT2D eigenvalue weighted by molar-refractivity contribution is -0.00852. The number of hydrogen-bond donors (Lipinski definition) is 1. The van der Waals surface area contributed by atoms with Gasteiger partial charge in [-0.3, -0.25) is 10.00 Å². The number of aromatic amines is 1. The maximum atomic E-state index is 5.84. The Morgan fingerprint density at radius 2 is 2.03 bits per heavy atom. The molecule has 2 unspecified atom stereocenters. The third kappa shape index (κ3) is 3.49. The van der Waals surface area contributed by atoms with Crippen LogP contribution in [0, 0.1) is 0 Å². The lowest BCUT2D eigenvalue weighted by atomic mass is 9.87. The number of aromatic nitrogens is 6. The number of pyridine rings is 2. The number of anilines is 1. The topological polar surface area (TPSA) is 96.7 Å². The zero-order valence-electron chi connectivity index (χ0n) is 20.1. The van der Waals surface area contributed by atoms with Crippen molar-refractivity contribution in [2.24, 2.45) is 0 Å². The van der Waals surface area contributed by atoms with Gasteiger partial charge in [-0.2, -0.15) is 5.10 Å². The van der Waals surface area contributed by atoms with Crippen LogP contribution in [0.1, 0.15) is 18.9 Å². The van der Waals surface area contributed by atoms with Crippen LogP contribution in [0.3, 0.4) is 0 Å². The van der Waals surface area contributed by atoms with Gasteiger partial charge in [0.25, 0.3) is 0 Å². The number of hydrogen-bond acceptors (Lipinski definition) is 9. The standard InChI is InChI=1S/C25H26N8O2S/c1-3-35-18-7-19(23-20-9-28-29-24(20)30-33(23)14-18)21-10-27-25(36-21)31-12-16-6-17(13-31)32(16)11-15-4-5-22(34-2)26-8-15/h4-5,7-10,14,16-17H,3,6,11-13H2,1-2H3,(H,29,30). The smallest absolute Gasteiger partial charge is 0.212 e. The van der Waals surface area contributed by atoms with Gasteiger partial charge < -0.3 is 14.4 Å². The van der Waals surface area contributed by atoms with E-state index in [0.717, 1.165) is 57.5 Å². The number of methoxy groups -OCH3 is 1. The first-order valence-electron chi connectivity index (χ1n) is 12.1. The van der Waals surface area contributed by atoms with Crippen LogP contribution < -0.4 is 14.4 Å². The summed E-state index contributed by atoms with van der Waals surface area (Å²) >= 11 is 1.73. The van der Waals surface area contributed by atoms with Crippen LogP contribution in [0.15, 0.2) is 43.0 Å². The molecule has 3 saturated heterocycles. The molecule has 0 radical (unpaired) electrons. The monoisotopic (exact) mass is 502 g/mol. The van der Waals surface area contributed by atoms with Crippen LogP contribution >= 0.6 is 11.3 Å². The molecule has 11 heteroatoms. The molecule has 0 aliphatic carbocycles. The van der Waals surface area contributed by atoms with E-state index in [1.165, 1.54) is 12.0 Å². The zero-order chi connectivity index (χ0) is 24.2. The van der Waals surface area contributed by atoms with Crippen molar-refractivity contribution in [1.29, 1.82) is 0 Å². The highest BCUT2D eigenvalue weighted by atomic mass is 32.1. The van der Waals surface area contributed by atoms with Gasteiger partial charge in [-0.1, -0.05) is 17.4 Å². The molecule has 5 aromatic heterocycles.